The third-order valence-electron chi connectivity index (χ3n) is 6.73. The third kappa shape index (κ3) is 3.44. The van der Waals surface area contributed by atoms with Gasteiger partial charge in [0.15, 0.2) is 0 Å². The summed E-state index contributed by atoms with van der Waals surface area (Å²) >= 11 is 0. The Balaban J connectivity index is 1.99. The SMILES string of the molecule is CCCC(C)NC(=O)[C@@H]1N([C@@H](CC)CO)C(=O)[C@H]2[C@H](C(=O)OCC)[C@@H]3CC[C@]12O3. The molecule has 2 amide bonds. The number of amides is 2. The summed E-state index contributed by atoms with van der Waals surface area (Å²) in [7, 11) is 0. The number of carbonyl (C=O) groups excluding carboxylic acids is 3. The smallest absolute Gasteiger partial charge is 0.312 e. The summed E-state index contributed by atoms with van der Waals surface area (Å²) < 4.78 is 11.5. The third-order valence-corrected chi connectivity index (χ3v) is 6.73. The Morgan fingerprint density at radius 3 is 2.69 bits per heavy atom. The number of ether oxygens (including phenoxy) is 2. The minimum absolute atomic E-state index is 0.0337. The molecule has 3 fully saturated rings. The van der Waals surface area contributed by atoms with Gasteiger partial charge >= 0.3 is 5.97 Å². The first-order valence-corrected chi connectivity index (χ1v) is 10.9. The molecule has 0 aliphatic carbocycles. The van der Waals surface area contributed by atoms with E-state index in [4.69, 9.17) is 9.47 Å². The number of fused-ring (bicyclic) bond motifs is 1. The molecule has 2 N–H and O–H groups in total. The van der Waals surface area contributed by atoms with Gasteiger partial charge in [-0.15, -0.1) is 0 Å². The van der Waals surface area contributed by atoms with Gasteiger partial charge in [-0.05, 0) is 39.5 Å². The summed E-state index contributed by atoms with van der Waals surface area (Å²) in [6, 6.07) is -1.38. The zero-order chi connectivity index (χ0) is 21.3. The van der Waals surface area contributed by atoms with E-state index in [9.17, 15) is 19.5 Å². The van der Waals surface area contributed by atoms with Crippen molar-refractivity contribution in [1.82, 2.24) is 10.2 Å². The molecule has 3 aliphatic heterocycles. The molecule has 29 heavy (non-hydrogen) atoms. The molecule has 1 unspecified atom stereocenters. The van der Waals surface area contributed by atoms with Gasteiger partial charge in [0.25, 0.3) is 0 Å². The van der Waals surface area contributed by atoms with Gasteiger partial charge in [0.05, 0.1) is 37.2 Å². The van der Waals surface area contributed by atoms with Crippen molar-refractivity contribution in [3.8, 4) is 0 Å². The molecule has 3 saturated heterocycles. The van der Waals surface area contributed by atoms with Crippen molar-refractivity contribution in [2.24, 2.45) is 11.8 Å². The van der Waals surface area contributed by atoms with E-state index in [-0.39, 0.29) is 31.1 Å². The maximum atomic E-state index is 13.5. The largest absolute Gasteiger partial charge is 0.466 e. The Morgan fingerprint density at radius 2 is 2.10 bits per heavy atom. The second-order valence-electron chi connectivity index (χ2n) is 8.50. The van der Waals surface area contributed by atoms with Crippen LogP contribution in [0, 0.1) is 11.8 Å². The van der Waals surface area contributed by atoms with Crippen molar-refractivity contribution < 1.29 is 29.0 Å². The van der Waals surface area contributed by atoms with Crippen LogP contribution in [-0.4, -0.2) is 70.8 Å². The molecular formula is C21H34N2O6. The van der Waals surface area contributed by atoms with E-state index in [0.717, 1.165) is 12.8 Å². The normalized spacial score (nSPS) is 34.8. The van der Waals surface area contributed by atoms with E-state index >= 15 is 0 Å². The average Bonchev–Trinajstić information content (AvgIpc) is 3.31. The standard InChI is InChI=1S/C21H34N2O6/c1-5-8-12(4)22-18(25)17-21-10-9-14(29-21)15(20(27)28-7-3)16(21)19(26)23(17)13(6-2)11-24/h12-17,24H,5-11H2,1-4H3,(H,22,25)/t12?,13-,14-,15+,16+,17-,21+/m0/s1. The molecule has 0 aromatic carbocycles. The first kappa shape index (κ1) is 22.0. The Morgan fingerprint density at radius 1 is 1.38 bits per heavy atom. The molecule has 3 heterocycles. The highest BCUT2D eigenvalue weighted by Crippen LogP contribution is 2.59. The van der Waals surface area contributed by atoms with Crippen molar-refractivity contribution in [2.75, 3.05) is 13.2 Å². The zero-order valence-corrected chi connectivity index (χ0v) is 17.8. The molecule has 8 heteroatoms. The number of aliphatic hydroxyl groups is 1. The average molecular weight is 411 g/mol. The van der Waals surface area contributed by atoms with Crippen LogP contribution in [-0.2, 0) is 23.9 Å². The monoisotopic (exact) mass is 410 g/mol. The van der Waals surface area contributed by atoms with Crippen LogP contribution in [0.5, 0.6) is 0 Å². The summed E-state index contributed by atoms with van der Waals surface area (Å²) in [4.78, 5) is 41.0. The quantitative estimate of drug-likeness (QED) is 0.550. The predicted molar refractivity (Wildman–Crippen MR) is 105 cm³/mol. The van der Waals surface area contributed by atoms with Crippen LogP contribution >= 0.6 is 0 Å². The molecule has 3 rings (SSSR count). The molecule has 7 atom stereocenters. The highest BCUT2D eigenvalue weighted by Gasteiger charge is 2.75. The fourth-order valence-electron chi connectivity index (χ4n) is 5.53. The number of likely N-dealkylation sites (tertiary alicyclic amines) is 1. The first-order valence-electron chi connectivity index (χ1n) is 10.9. The van der Waals surface area contributed by atoms with Crippen LogP contribution in [0.3, 0.4) is 0 Å². The van der Waals surface area contributed by atoms with Crippen LogP contribution in [0.15, 0.2) is 0 Å². The van der Waals surface area contributed by atoms with Gasteiger partial charge in [-0.2, -0.15) is 0 Å². The maximum absolute atomic E-state index is 13.5. The van der Waals surface area contributed by atoms with Crippen LogP contribution < -0.4 is 5.32 Å². The van der Waals surface area contributed by atoms with E-state index in [0.29, 0.717) is 19.3 Å². The molecule has 0 radical (unpaired) electrons. The number of carbonyl (C=O) groups is 3. The van der Waals surface area contributed by atoms with Crippen molar-refractivity contribution in [3.63, 3.8) is 0 Å². The van der Waals surface area contributed by atoms with Crippen molar-refractivity contribution in [1.29, 1.82) is 0 Å². The Hall–Kier alpha value is -1.67. The van der Waals surface area contributed by atoms with Crippen LogP contribution in [0.4, 0.5) is 0 Å². The molecular weight excluding hydrogens is 376 g/mol. The number of rotatable bonds is 9. The van der Waals surface area contributed by atoms with E-state index in [2.05, 4.69) is 5.32 Å². The topological polar surface area (TPSA) is 105 Å². The zero-order valence-electron chi connectivity index (χ0n) is 17.8. The lowest BCUT2D eigenvalue weighted by Gasteiger charge is -2.37. The fourth-order valence-corrected chi connectivity index (χ4v) is 5.53. The second-order valence-corrected chi connectivity index (χ2v) is 8.50. The Kier molecular flexibility index (Phi) is 6.53. The lowest BCUT2D eigenvalue weighted by molar-refractivity contribution is -0.155. The minimum Gasteiger partial charge on any atom is -0.466 e. The van der Waals surface area contributed by atoms with Crippen LogP contribution in [0.2, 0.25) is 0 Å². The second kappa shape index (κ2) is 8.60. The maximum Gasteiger partial charge on any atom is 0.312 e. The molecule has 1 spiro atoms. The van der Waals surface area contributed by atoms with Gasteiger partial charge < -0.3 is 24.8 Å². The molecule has 164 valence electrons. The van der Waals surface area contributed by atoms with Crippen LogP contribution in [0.25, 0.3) is 0 Å². The molecule has 0 aromatic rings. The predicted octanol–water partition coefficient (Wildman–Crippen LogP) is 1.000. The van der Waals surface area contributed by atoms with Crippen molar-refractivity contribution in [2.45, 2.75) is 89.6 Å². The van der Waals surface area contributed by atoms with Crippen molar-refractivity contribution >= 4 is 17.8 Å². The highest BCUT2D eigenvalue weighted by molar-refractivity contribution is 5.98. The lowest BCUT2D eigenvalue weighted by atomic mass is 9.70. The Bertz CT molecular complexity index is 651. The molecule has 0 saturated carbocycles. The van der Waals surface area contributed by atoms with Gasteiger partial charge in [-0.1, -0.05) is 20.3 Å². The van der Waals surface area contributed by atoms with E-state index in [1.54, 1.807) is 6.92 Å². The summed E-state index contributed by atoms with van der Waals surface area (Å²) in [5.74, 6) is -2.41. The summed E-state index contributed by atoms with van der Waals surface area (Å²) in [5, 5.41) is 12.9. The minimum atomic E-state index is -1.03. The van der Waals surface area contributed by atoms with Crippen molar-refractivity contribution in [3.05, 3.63) is 0 Å². The van der Waals surface area contributed by atoms with Gasteiger partial charge in [-0.25, -0.2) is 0 Å². The number of aliphatic hydroxyl groups excluding tert-OH is 1. The number of hydrogen-bond donors (Lipinski definition) is 2. The Labute approximate surface area is 172 Å². The highest BCUT2D eigenvalue weighted by atomic mass is 16.6. The first-order chi connectivity index (χ1) is 13.9. The summed E-state index contributed by atoms with van der Waals surface area (Å²) in [6.45, 7) is 7.58. The molecule has 8 nitrogen and oxygen atoms in total. The molecule has 2 bridgehead atoms. The summed E-state index contributed by atoms with van der Waals surface area (Å²) in [6.07, 6.45) is 3.03. The van der Waals surface area contributed by atoms with Crippen LogP contribution in [0.1, 0.15) is 59.8 Å². The van der Waals surface area contributed by atoms with Gasteiger partial charge in [0.1, 0.15) is 11.6 Å². The molecule has 0 aromatic heterocycles. The van der Waals surface area contributed by atoms with E-state index in [1.807, 2.05) is 20.8 Å². The van der Waals surface area contributed by atoms with Gasteiger partial charge in [0, 0.05) is 6.04 Å². The lowest BCUT2D eigenvalue weighted by Crippen LogP contribution is -2.58. The van der Waals surface area contributed by atoms with Gasteiger partial charge in [0.2, 0.25) is 11.8 Å². The number of hydrogen-bond acceptors (Lipinski definition) is 6. The number of nitrogens with one attached hydrogen (secondary N) is 1. The van der Waals surface area contributed by atoms with E-state index < -0.39 is 41.6 Å². The summed E-state index contributed by atoms with van der Waals surface area (Å²) in [5.41, 5.74) is -1.03. The number of esters is 1. The number of nitrogens with zero attached hydrogens (tertiary/aromatic N) is 1. The van der Waals surface area contributed by atoms with Gasteiger partial charge in [-0.3, -0.25) is 14.4 Å². The molecule has 3 aliphatic rings. The van der Waals surface area contributed by atoms with E-state index in [1.165, 1.54) is 4.90 Å². The fraction of sp³-hybridized carbons (Fsp3) is 0.857.